The van der Waals surface area contributed by atoms with E-state index >= 15 is 0 Å². The summed E-state index contributed by atoms with van der Waals surface area (Å²) in [5.41, 5.74) is 3.74. The Bertz CT molecular complexity index is 954. The molecule has 24 heavy (non-hydrogen) atoms. The molecule has 1 aromatic carbocycles. The molecule has 0 atom stereocenters. The van der Waals surface area contributed by atoms with Crippen molar-refractivity contribution in [2.45, 2.75) is 6.42 Å². The van der Waals surface area contributed by atoms with Crippen molar-refractivity contribution in [1.29, 1.82) is 0 Å². The summed E-state index contributed by atoms with van der Waals surface area (Å²) in [6, 6.07) is 11.7. The van der Waals surface area contributed by atoms with E-state index in [1.807, 2.05) is 42.5 Å². The van der Waals surface area contributed by atoms with Crippen LogP contribution < -0.4 is 5.32 Å². The van der Waals surface area contributed by atoms with E-state index in [0.29, 0.717) is 16.8 Å². The average molecular weight is 316 g/mol. The quantitative estimate of drug-likeness (QED) is 0.717. The van der Waals surface area contributed by atoms with Crippen LogP contribution >= 0.6 is 0 Å². The first-order valence-corrected chi connectivity index (χ1v) is 7.86. The van der Waals surface area contributed by atoms with E-state index in [1.54, 1.807) is 18.6 Å². The van der Waals surface area contributed by atoms with Crippen molar-refractivity contribution in [3.63, 3.8) is 0 Å². The molecular weight excluding hydrogens is 300 g/mol. The molecule has 0 saturated carbocycles. The summed E-state index contributed by atoms with van der Waals surface area (Å²) in [5, 5.41) is 4.16. The van der Waals surface area contributed by atoms with Crippen LogP contribution in [-0.2, 0) is 0 Å². The summed E-state index contributed by atoms with van der Waals surface area (Å²) in [7, 11) is 0. The SMILES string of the molecule is O=C(C1=CCCN=C1)c1c[nH]c2nccc(Nc3ccccc3)c12. The van der Waals surface area contributed by atoms with E-state index in [-0.39, 0.29) is 5.78 Å². The van der Waals surface area contributed by atoms with E-state index in [4.69, 9.17) is 0 Å². The number of Topliss-reactive ketones (excluding diaryl/α,β-unsaturated/α-hetero) is 1. The third kappa shape index (κ3) is 2.60. The summed E-state index contributed by atoms with van der Waals surface area (Å²) in [6.07, 6.45) is 7.84. The Balaban J connectivity index is 1.78. The van der Waals surface area contributed by atoms with Crippen LogP contribution in [0.25, 0.3) is 11.0 Å². The minimum atomic E-state index is -0.0335. The molecule has 2 aromatic heterocycles. The Hall–Kier alpha value is -3.21. The molecule has 118 valence electrons. The van der Waals surface area contributed by atoms with Crippen molar-refractivity contribution < 1.29 is 4.79 Å². The summed E-state index contributed by atoms with van der Waals surface area (Å²) in [6.45, 7) is 0.743. The first-order chi connectivity index (χ1) is 11.8. The number of para-hydroxylation sites is 1. The van der Waals surface area contributed by atoms with E-state index in [0.717, 1.165) is 29.7 Å². The Morgan fingerprint density at radius 3 is 2.83 bits per heavy atom. The predicted octanol–water partition coefficient (Wildman–Crippen LogP) is 3.89. The summed E-state index contributed by atoms with van der Waals surface area (Å²) in [5.74, 6) is -0.0335. The van der Waals surface area contributed by atoms with E-state index in [1.165, 1.54) is 0 Å². The number of rotatable bonds is 4. The maximum absolute atomic E-state index is 12.8. The van der Waals surface area contributed by atoms with Crippen LogP contribution in [0, 0.1) is 0 Å². The maximum Gasteiger partial charge on any atom is 0.196 e. The molecule has 0 saturated heterocycles. The second-order valence-electron chi connectivity index (χ2n) is 5.59. The number of aromatic amines is 1. The Labute approximate surface area is 139 Å². The lowest BCUT2D eigenvalue weighted by molar-refractivity contribution is 0.104. The van der Waals surface area contributed by atoms with E-state index in [2.05, 4.69) is 20.3 Å². The lowest BCUT2D eigenvalue weighted by atomic mass is 10.0. The smallest absolute Gasteiger partial charge is 0.196 e. The van der Waals surface area contributed by atoms with Gasteiger partial charge in [-0.1, -0.05) is 24.3 Å². The van der Waals surface area contributed by atoms with Crippen molar-refractivity contribution in [2.75, 3.05) is 11.9 Å². The lowest BCUT2D eigenvalue weighted by Crippen LogP contribution is -2.08. The first-order valence-electron chi connectivity index (χ1n) is 7.86. The molecule has 0 radical (unpaired) electrons. The van der Waals surface area contributed by atoms with Gasteiger partial charge < -0.3 is 10.3 Å². The van der Waals surface area contributed by atoms with Crippen molar-refractivity contribution in [2.24, 2.45) is 4.99 Å². The Morgan fingerprint density at radius 2 is 2.04 bits per heavy atom. The fourth-order valence-electron chi connectivity index (χ4n) is 2.83. The molecule has 3 aromatic rings. The van der Waals surface area contributed by atoms with Crippen LogP contribution in [0.2, 0.25) is 0 Å². The van der Waals surface area contributed by atoms with Gasteiger partial charge in [-0.3, -0.25) is 9.79 Å². The Kier molecular flexibility index (Phi) is 3.67. The van der Waals surface area contributed by atoms with Gasteiger partial charge in [0.25, 0.3) is 0 Å². The number of nitrogens with one attached hydrogen (secondary N) is 2. The van der Waals surface area contributed by atoms with Crippen molar-refractivity contribution >= 4 is 34.4 Å². The third-order valence-corrected chi connectivity index (χ3v) is 3.99. The standard InChI is InChI=1S/C19H16N4O/c24-18(13-5-4-9-20-11-13)15-12-22-19-17(15)16(8-10-21-19)23-14-6-2-1-3-7-14/h1-3,5-8,10-12H,4,9H2,(H2,21,22,23). The summed E-state index contributed by atoms with van der Waals surface area (Å²) < 4.78 is 0. The number of carbonyl (C=O) groups is 1. The topological polar surface area (TPSA) is 70.1 Å². The Morgan fingerprint density at radius 1 is 1.17 bits per heavy atom. The second-order valence-corrected chi connectivity index (χ2v) is 5.59. The highest BCUT2D eigenvalue weighted by Gasteiger charge is 2.19. The van der Waals surface area contributed by atoms with Crippen LogP contribution in [0.15, 0.2) is 65.4 Å². The molecule has 4 rings (SSSR count). The third-order valence-electron chi connectivity index (χ3n) is 3.99. The lowest BCUT2D eigenvalue weighted by Gasteiger charge is -2.09. The molecule has 1 aliphatic heterocycles. The summed E-state index contributed by atoms with van der Waals surface area (Å²) in [4.78, 5) is 24.5. The molecule has 5 heteroatoms. The fourth-order valence-corrected chi connectivity index (χ4v) is 2.83. The molecular formula is C19H16N4O. The highest BCUT2D eigenvalue weighted by atomic mass is 16.1. The van der Waals surface area contributed by atoms with Crippen molar-refractivity contribution in [3.8, 4) is 0 Å². The number of allylic oxidation sites excluding steroid dienone is 1. The van der Waals surface area contributed by atoms with Crippen LogP contribution in [0.1, 0.15) is 16.8 Å². The van der Waals surface area contributed by atoms with Gasteiger partial charge in [0.15, 0.2) is 5.78 Å². The number of aromatic nitrogens is 2. The van der Waals surface area contributed by atoms with Crippen LogP contribution in [0.3, 0.4) is 0 Å². The van der Waals surface area contributed by atoms with Gasteiger partial charge in [0.05, 0.1) is 16.6 Å². The zero-order chi connectivity index (χ0) is 16.4. The molecule has 0 fully saturated rings. The summed E-state index contributed by atoms with van der Waals surface area (Å²) >= 11 is 0. The highest BCUT2D eigenvalue weighted by Crippen LogP contribution is 2.29. The zero-order valence-corrected chi connectivity index (χ0v) is 13.0. The number of hydrogen-bond donors (Lipinski definition) is 2. The number of benzene rings is 1. The molecule has 0 unspecified atom stereocenters. The number of carbonyl (C=O) groups excluding carboxylic acids is 1. The number of pyridine rings is 1. The van der Waals surface area contributed by atoms with E-state index < -0.39 is 0 Å². The first kappa shape index (κ1) is 14.4. The van der Waals surface area contributed by atoms with Gasteiger partial charge in [-0.05, 0) is 24.6 Å². The van der Waals surface area contributed by atoms with Crippen molar-refractivity contribution in [3.05, 3.63) is 66.0 Å². The monoisotopic (exact) mass is 316 g/mol. The van der Waals surface area contributed by atoms with Gasteiger partial charge >= 0.3 is 0 Å². The molecule has 3 heterocycles. The normalized spacial score (nSPS) is 13.8. The number of hydrogen-bond acceptors (Lipinski definition) is 4. The van der Waals surface area contributed by atoms with Gasteiger partial charge in [0, 0.05) is 36.4 Å². The minimum Gasteiger partial charge on any atom is -0.355 e. The molecule has 0 aliphatic carbocycles. The van der Waals surface area contributed by atoms with Gasteiger partial charge in [0.2, 0.25) is 0 Å². The number of ketones is 1. The van der Waals surface area contributed by atoms with Crippen LogP contribution in [-0.4, -0.2) is 28.5 Å². The maximum atomic E-state index is 12.8. The average Bonchev–Trinajstić information content (AvgIpc) is 3.08. The fraction of sp³-hybridized carbons (Fsp3) is 0.105. The second kappa shape index (κ2) is 6.12. The van der Waals surface area contributed by atoms with Crippen LogP contribution in [0.5, 0.6) is 0 Å². The highest BCUT2D eigenvalue weighted by molar-refractivity contribution is 6.26. The van der Waals surface area contributed by atoms with E-state index in [9.17, 15) is 4.79 Å². The number of H-pyrrole nitrogens is 1. The zero-order valence-electron chi connectivity index (χ0n) is 13.0. The largest absolute Gasteiger partial charge is 0.355 e. The molecule has 5 nitrogen and oxygen atoms in total. The molecule has 0 bridgehead atoms. The predicted molar refractivity (Wildman–Crippen MR) is 96.2 cm³/mol. The van der Waals surface area contributed by atoms with Gasteiger partial charge in [0.1, 0.15) is 5.65 Å². The van der Waals surface area contributed by atoms with Gasteiger partial charge in [-0.25, -0.2) is 4.98 Å². The van der Waals surface area contributed by atoms with Crippen LogP contribution in [0.4, 0.5) is 11.4 Å². The number of nitrogens with zero attached hydrogens (tertiary/aromatic N) is 2. The number of fused-ring (bicyclic) bond motifs is 1. The molecule has 0 amide bonds. The molecule has 1 aliphatic rings. The number of dihydropyridines is 1. The number of aliphatic imine (C=N–C) groups is 1. The molecule has 2 N–H and O–H groups in total. The van der Waals surface area contributed by atoms with Gasteiger partial charge in [-0.15, -0.1) is 0 Å². The van der Waals surface area contributed by atoms with Crippen molar-refractivity contribution in [1.82, 2.24) is 9.97 Å². The molecule has 0 spiro atoms. The van der Waals surface area contributed by atoms with Gasteiger partial charge in [-0.2, -0.15) is 0 Å². The number of anilines is 2. The minimum absolute atomic E-state index is 0.0335.